The first kappa shape index (κ1) is 38.4. The molecular formula is C45H33NO9S2. The lowest BCUT2D eigenvalue weighted by atomic mass is 10.1. The van der Waals surface area contributed by atoms with E-state index in [9.17, 15) is 26.7 Å². The normalized spacial score (nSPS) is 11.3. The van der Waals surface area contributed by atoms with E-state index in [4.69, 9.17) is 18.9 Å². The summed E-state index contributed by atoms with van der Waals surface area (Å²) in [6.07, 6.45) is 0. The van der Waals surface area contributed by atoms with Crippen LogP contribution >= 0.6 is 0 Å². The lowest BCUT2D eigenvalue weighted by Crippen LogP contribution is -2.06. The Kier molecular flexibility index (Phi) is 10.8. The molecule has 1 N–H and O–H groups in total. The molecule has 0 spiro atoms. The molecule has 0 saturated heterocycles. The van der Waals surface area contributed by atoms with Crippen molar-refractivity contribution in [2.24, 2.45) is 0 Å². The molecular weight excluding hydrogens is 763 g/mol. The lowest BCUT2D eigenvalue weighted by molar-refractivity contribution is 0.415. The van der Waals surface area contributed by atoms with Gasteiger partial charge in [0.1, 0.15) is 51.2 Å². The van der Waals surface area contributed by atoms with Gasteiger partial charge in [-0.3, -0.25) is 4.55 Å². The van der Waals surface area contributed by atoms with Crippen LogP contribution in [-0.4, -0.2) is 28.5 Å². The van der Waals surface area contributed by atoms with Gasteiger partial charge in [-0.05, 0) is 132 Å². The molecule has 0 amide bonds. The van der Waals surface area contributed by atoms with Crippen molar-refractivity contribution in [3.63, 3.8) is 0 Å². The number of sulfone groups is 1. The number of ether oxygens (including phenoxy) is 4. The topological polar surface area (TPSA) is 149 Å². The van der Waals surface area contributed by atoms with Crippen molar-refractivity contribution in [1.82, 2.24) is 0 Å². The third-order valence-corrected chi connectivity index (χ3v) is 11.6. The number of aryl methyl sites for hydroxylation is 1. The number of hydrogen-bond donors (Lipinski definition) is 1. The van der Waals surface area contributed by atoms with Crippen molar-refractivity contribution >= 4 is 20.0 Å². The van der Waals surface area contributed by atoms with E-state index >= 15 is 0 Å². The van der Waals surface area contributed by atoms with Crippen molar-refractivity contribution in [3.8, 4) is 68.6 Å². The van der Waals surface area contributed by atoms with Gasteiger partial charge in [-0.15, -0.1) is 0 Å². The number of benzene rings is 7. The van der Waals surface area contributed by atoms with Crippen LogP contribution in [0.3, 0.4) is 0 Å². The average molecular weight is 796 g/mol. The Balaban J connectivity index is 1.02. The summed E-state index contributed by atoms with van der Waals surface area (Å²) in [5.74, 6) is 2.72. The number of methoxy groups -OCH3 is 1. The minimum absolute atomic E-state index is 0.118. The van der Waals surface area contributed by atoms with E-state index in [1.54, 1.807) is 49.6 Å². The van der Waals surface area contributed by atoms with Crippen molar-refractivity contribution < 1.29 is 40.3 Å². The third kappa shape index (κ3) is 8.66. The van der Waals surface area contributed by atoms with Crippen LogP contribution in [0.2, 0.25) is 0 Å². The summed E-state index contributed by atoms with van der Waals surface area (Å²) < 4.78 is 85.0. The van der Waals surface area contributed by atoms with Gasteiger partial charge in [0.15, 0.2) is 0 Å². The van der Waals surface area contributed by atoms with Gasteiger partial charge in [-0.2, -0.15) is 13.7 Å². The molecule has 0 aliphatic rings. The molecule has 57 heavy (non-hydrogen) atoms. The quantitative estimate of drug-likeness (QED) is 0.118. The Hall–Kier alpha value is -6.91. The maximum absolute atomic E-state index is 13.6. The minimum Gasteiger partial charge on any atom is -0.497 e. The largest absolute Gasteiger partial charge is 0.497 e. The molecule has 0 aromatic heterocycles. The molecule has 0 aliphatic heterocycles. The number of nitriles is 1. The fourth-order valence-electron chi connectivity index (χ4n) is 5.95. The van der Waals surface area contributed by atoms with Crippen LogP contribution in [0.25, 0.3) is 22.3 Å². The highest BCUT2D eigenvalue weighted by Gasteiger charge is 2.25. The number of hydrogen-bond acceptors (Lipinski definition) is 9. The summed E-state index contributed by atoms with van der Waals surface area (Å²) in [7, 11) is -7.53. The maximum Gasteiger partial charge on any atom is 0.298 e. The monoisotopic (exact) mass is 795 g/mol. The third-order valence-electron chi connectivity index (χ3n) is 8.99. The molecule has 284 valence electrons. The molecule has 0 bridgehead atoms. The molecule has 7 aromatic rings. The van der Waals surface area contributed by atoms with Gasteiger partial charge < -0.3 is 18.9 Å². The van der Waals surface area contributed by atoms with Gasteiger partial charge in [-0.1, -0.05) is 60.7 Å². The van der Waals surface area contributed by atoms with Crippen LogP contribution in [0, 0.1) is 18.3 Å². The summed E-state index contributed by atoms with van der Waals surface area (Å²) in [6, 6.07) is 45.7. The summed E-state index contributed by atoms with van der Waals surface area (Å²) in [4.78, 5) is -1.18. The summed E-state index contributed by atoms with van der Waals surface area (Å²) in [6.45, 7) is 1.86. The Bertz CT molecular complexity index is 2820. The zero-order chi connectivity index (χ0) is 40.2. The molecule has 0 saturated carbocycles. The van der Waals surface area contributed by atoms with Gasteiger partial charge in [-0.25, -0.2) is 8.42 Å². The maximum atomic E-state index is 13.6. The second kappa shape index (κ2) is 16.1. The molecule has 0 radical (unpaired) electrons. The van der Waals surface area contributed by atoms with Gasteiger partial charge >= 0.3 is 0 Å². The molecule has 0 heterocycles. The Morgan fingerprint density at radius 3 is 1.39 bits per heavy atom. The van der Waals surface area contributed by atoms with Crippen LogP contribution < -0.4 is 18.9 Å². The molecule has 12 heteroatoms. The SMILES string of the molecule is COc1ccc(-c2ccc(Oc3ccc(S(=O)(=O)c4ccc(Oc5ccc(-c6ccc(Oc7cccc(C)c7C#N)cc6)cc5)cc4)cc3S(=O)(=O)O)cc2)cc1. The highest BCUT2D eigenvalue weighted by Crippen LogP contribution is 2.35. The Labute approximate surface area is 330 Å². The fraction of sp³-hybridized carbons (Fsp3) is 0.0444. The van der Waals surface area contributed by atoms with Crippen molar-refractivity contribution in [2.75, 3.05) is 7.11 Å². The first-order valence-corrected chi connectivity index (χ1v) is 20.3. The van der Waals surface area contributed by atoms with E-state index in [0.29, 0.717) is 28.6 Å². The molecule has 0 unspecified atom stereocenters. The highest BCUT2D eigenvalue weighted by molar-refractivity contribution is 7.91. The number of nitrogens with zero attached hydrogens (tertiary/aromatic N) is 1. The number of rotatable bonds is 12. The van der Waals surface area contributed by atoms with Crippen LogP contribution in [0.4, 0.5) is 0 Å². The predicted molar refractivity (Wildman–Crippen MR) is 215 cm³/mol. The van der Waals surface area contributed by atoms with Crippen LogP contribution in [0.5, 0.6) is 40.2 Å². The zero-order valence-electron chi connectivity index (χ0n) is 30.5. The first-order chi connectivity index (χ1) is 27.4. The van der Waals surface area contributed by atoms with E-state index in [1.165, 1.54) is 36.4 Å². The van der Waals surface area contributed by atoms with Gasteiger partial charge in [0, 0.05) is 0 Å². The van der Waals surface area contributed by atoms with Crippen LogP contribution in [0.1, 0.15) is 11.1 Å². The van der Waals surface area contributed by atoms with E-state index in [0.717, 1.165) is 39.6 Å². The summed E-state index contributed by atoms with van der Waals surface area (Å²) in [5, 5.41) is 9.49. The van der Waals surface area contributed by atoms with E-state index < -0.39 is 24.9 Å². The lowest BCUT2D eigenvalue weighted by Gasteiger charge is -2.13. The van der Waals surface area contributed by atoms with Crippen molar-refractivity contribution in [1.29, 1.82) is 5.26 Å². The molecule has 7 rings (SSSR count). The molecule has 0 fully saturated rings. The average Bonchev–Trinajstić information content (AvgIpc) is 3.22. The van der Waals surface area contributed by atoms with Gasteiger partial charge in [0.05, 0.1) is 22.5 Å². The molecule has 0 aliphatic carbocycles. The highest BCUT2D eigenvalue weighted by atomic mass is 32.2. The van der Waals surface area contributed by atoms with Gasteiger partial charge in [0.2, 0.25) is 9.84 Å². The van der Waals surface area contributed by atoms with Crippen molar-refractivity contribution in [2.45, 2.75) is 21.6 Å². The predicted octanol–water partition coefficient (Wildman–Crippen LogP) is 10.7. The second-order valence-corrected chi connectivity index (χ2v) is 16.1. The minimum atomic E-state index is -4.89. The van der Waals surface area contributed by atoms with E-state index in [1.807, 2.05) is 79.7 Å². The molecule has 7 aromatic carbocycles. The van der Waals surface area contributed by atoms with E-state index in [2.05, 4.69) is 6.07 Å². The van der Waals surface area contributed by atoms with Crippen LogP contribution in [-0.2, 0) is 20.0 Å². The molecule has 10 nitrogen and oxygen atoms in total. The second-order valence-electron chi connectivity index (χ2n) is 12.7. The first-order valence-electron chi connectivity index (χ1n) is 17.4. The fourth-order valence-corrected chi connectivity index (χ4v) is 7.95. The molecule has 0 atom stereocenters. The van der Waals surface area contributed by atoms with Crippen LogP contribution in [0.15, 0.2) is 172 Å². The summed E-state index contributed by atoms with van der Waals surface area (Å²) >= 11 is 0. The smallest absolute Gasteiger partial charge is 0.298 e. The van der Waals surface area contributed by atoms with Gasteiger partial charge in [0.25, 0.3) is 10.1 Å². The van der Waals surface area contributed by atoms with E-state index in [-0.39, 0.29) is 21.3 Å². The van der Waals surface area contributed by atoms with Crippen molar-refractivity contribution in [3.05, 3.63) is 169 Å². The zero-order valence-corrected chi connectivity index (χ0v) is 32.1. The summed E-state index contributed by atoms with van der Waals surface area (Å²) in [5.41, 5.74) is 4.98. The Morgan fingerprint density at radius 2 is 0.930 bits per heavy atom. The standard InChI is InChI=1S/C45H33NO9S2/c1-30-4-3-5-43(42(30)29-46)54-38-18-10-34(11-19-38)32-8-16-36(17-9-32)53-37-22-24-40(25-23-37)56(47,48)41-26-27-44(45(28-41)57(49,50)51)55-39-20-12-33(13-21-39)31-6-14-35(52-2)15-7-31/h3-28H,1-2H3,(H,49,50,51). The Morgan fingerprint density at radius 1 is 0.509 bits per heavy atom.